The van der Waals surface area contributed by atoms with E-state index in [1.807, 2.05) is 0 Å². The lowest BCUT2D eigenvalue weighted by atomic mass is 10.1. The average Bonchev–Trinajstić information content (AvgIpc) is 2.89. The van der Waals surface area contributed by atoms with Gasteiger partial charge in [-0.3, -0.25) is 0 Å². The van der Waals surface area contributed by atoms with Gasteiger partial charge in [-0.1, -0.05) is 0 Å². The molecule has 0 bridgehead atoms. The molecule has 0 radical (unpaired) electrons. The number of carboxylic acid groups (broad SMARTS) is 1. The largest absolute Gasteiger partial charge is 0.480 e. The van der Waals surface area contributed by atoms with Gasteiger partial charge >= 0.3 is 18.0 Å². The smallest absolute Gasteiger partial charge is 0.328 e. The molecule has 0 aliphatic carbocycles. The number of methoxy groups -OCH3 is 1. The van der Waals surface area contributed by atoms with E-state index in [-0.39, 0.29) is 6.42 Å². The Morgan fingerprint density at radius 1 is 1.45 bits per heavy atom. The number of ether oxygens (including phenoxy) is 1. The van der Waals surface area contributed by atoms with Crippen molar-refractivity contribution in [2.75, 3.05) is 7.11 Å². The molecule has 110 valence electrons. The van der Waals surface area contributed by atoms with Gasteiger partial charge in [0.25, 0.3) is 0 Å². The van der Waals surface area contributed by atoms with Crippen LogP contribution in [-0.4, -0.2) is 52.2 Å². The number of aromatic amines is 1. The lowest BCUT2D eigenvalue weighted by Crippen LogP contribution is -2.51. The minimum absolute atomic E-state index is 0.0510. The van der Waals surface area contributed by atoms with Gasteiger partial charge in [0, 0.05) is 18.3 Å². The number of carbonyl (C=O) groups is 3. The molecule has 4 N–H and O–H groups in total. The summed E-state index contributed by atoms with van der Waals surface area (Å²) in [5.41, 5.74) is 0.568. The number of carbonyl (C=O) groups excluding carboxylic acids is 2. The number of aliphatic carboxylic acids is 1. The van der Waals surface area contributed by atoms with E-state index in [1.165, 1.54) is 26.6 Å². The van der Waals surface area contributed by atoms with E-state index in [0.717, 1.165) is 0 Å². The van der Waals surface area contributed by atoms with Crippen molar-refractivity contribution in [1.29, 1.82) is 0 Å². The van der Waals surface area contributed by atoms with Crippen LogP contribution in [0, 0.1) is 0 Å². The summed E-state index contributed by atoms with van der Waals surface area (Å²) >= 11 is 0. The van der Waals surface area contributed by atoms with Gasteiger partial charge in [-0.15, -0.1) is 0 Å². The normalized spacial score (nSPS) is 13.1. The summed E-state index contributed by atoms with van der Waals surface area (Å²) in [6.45, 7) is 1.43. The minimum atomic E-state index is -1.19. The zero-order valence-corrected chi connectivity index (χ0v) is 11.0. The van der Waals surface area contributed by atoms with Crippen LogP contribution in [0.15, 0.2) is 12.5 Å². The summed E-state index contributed by atoms with van der Waals surface area (Å²) in [6, 6.07) is -2.78. The molecule has 1 aromatic heterocycles. The molecule has 9 heteroatoms. The van der Waals surface area contributed by atoms with Crippen LogP contribution in [-0.2, 0) is 20.7 Å². The number of aromatic nitrogens is 2. The maximum atomic E-state index is 11.6. The van der Waals surface area contributed by atoms with Crippen LogP contribution < -0.4 is 10.6 Å². The summed E-state index contributed by atoms with van der Waals surface area (Å²) in [5, 5.41) is 13.6. The van der Waals surface area contributed by atoms with E-state index in [2.05, 4.69) is 25.3 Å². The monoisotopic (exact) mass is 284 g/mol. The highest BCUT2D eigenvalue weighted by molar-refractivity contribution is 5.86. The molecule has 0 aromatic carbocycles. The van der Waals surface area contributed by atoms with Crippen molar-refractivity contribution in [3.05, 3.63) is 18.2 Å². The Hall–Kier alpha value is -2.58. The molecule has 1 heterocycles. The number of hydrogen-bond donors (Lipinski definition) is 4. The number of urea groups is 1. The summed E-state index contributed by atoms with van der Waals surface area (Å²) in [5.74, 6) is -1.82. The quantitative estimate of drug-likeness (QED) is 0.509. The molecule has 0 saturated heterocycles. The molecule has 9 nitrogen and oxygen atoms in total. The van der Waals surface area contributed by atoms with Crippen LogP contribution in [0.1, 0.15) is 12.6 Å². The van der Waals surface area contributed by atoms with Gasteiger partial charge in [0.1, 0.15) is 12.1 Å². The molecule has 0 aliphatic rings. The maximum Gasteiger partial charge on any atom is 0.328 e. The number of nitrogens with one attached hydrogen (secondary N) is 3. The predicted octanol–water partition coefficient (Wildman–Crippen LogP) is -0.734. The molecule has 2 unspecified atom stereocenters. The van der Waals surface area contributed by atoms with Gasteiger partial charge in [0.2, 0.25) is 0 Å². The van der Waals surface area contributed by atoms with Crippen molar-refractivity contribution in [3.8, 4) is 0 Å². The zero-order chi connectivity index (χ0) is 15.1. The fraction of sp³-hybridized carbons (Fsp3) is 0.455. The molecule has 2 atom stereocenters. The Labute approximate surface area is 114 Å². The first-order chi connectivity index (χ1) is 9.43. The molecule has 0 aliphatic heterocycles. The Bertz CT molecular complexity index is 473. The van der Waals surface area contributed by atoms with Gasteiger partial charge in [0.05, 0.1) is 13.4 Å². The van der Waals surface area contributed by atoms with Gasteiger partial charge < -0.3 is 25.5 Å². The Balaban J connectivity index is 2.55. The van der Waals surface area contributed by atoms with E-state index < -0.39 is 30.1 Å². The number of imidazole rings is 1. The van der Waals surface area contributed by atoms with Crippen LogP contribution >= 0.6 is 0 Å². The lowest BCUT2D eigenvalue weighted by Gasteiger charge is -2.16. The van der Waals surface area contributed by atoms with Gasteiger partial charge in [-0.25, -0.2) is 19.4 Å². The Kier molecular flexibility index (Phi) is 5.51. The zero-order valence-electron chi connectivity index (χ0n) is 11.0. The third kappa shape index (κ3) is 4.59. The average molecular weight is 284 g/mol. The summed E-state index contributed by atoms with van der Waals surface area (Å²) in [4.78, 5) is 40.3. The van der Waals surface area contributed by atoms with Crippen LogP contribution in [0.25, 0.3) is 0 Å². The highest BCUT2D eigenvalue weighted by Crippen LogP contribution is 1.99. The number of esters is 1. The molecule has 2 amide bonds. The van der Waals surface area contributed by atoms with E-state index in [0.29, 0.717) is 5.69 Å². The molecule has 0 fully saturated rings. The third-order valence-electron chi connectivity index (χ3n) is 2.48. The lowest BCUT2D eigenvalue weighted by molar-refractivity contribution is -0.142. The standard InChI is InChI=1S/C11H16N4O5/c1-6(10(18)20-2)14-11(19)15-8(9(16)17)3-7-4-12-5-13-7/h4-6,8H,3H2,1-2H3,(H,12,13)(H,16,17)(H2,14,15,19). The van der Waals surface area contributed by atoms with Crippen LogP contribution in [0.4, 0.5) is 4.79 Å². The second kappa shape index (κ2) is 7.12. The van der Waals surface area contributed by atoms with Crippen molar-refractivity contribution >= 4 is 18.0 Å². The summed E-state index contributed by atoms with van der Waals surface area (Å²) in [7, 11) is 1.19. The van der Waals surface area contributed by atoms with E-state index in [4.69, 9.17) is 5.11 Å². The second-order valence-corrected chi connectivity index (χ2v) is 4.03. The van der Waals surface area contributed by atoms with Crippen molar-refractivity contribution in [2.24, 2.45) is 0 Å². The minimum Gasteiger partial charge on any atom is -0.480 e. The van der Waals surface area contributed by atoms with Crippen molar-refractivity contribution < 1.29 is 24.2 Å². The fourth-order valence-electron chi connectivity index (χ4n) is 1.45. The third-order valence-corrected chi connectivity index (χ3v) is 2.48. The van der Waals surface area contributed by atoms with E-state index >= 15 is 0 Å². The summed E-state index contributed by atoms with van der Waals surface area (Å²) in [6.07, 6.45) is 2.93. The molecule has 1 aromatic rings. The molecular formula is C11H16N4O5. The Morgan fingerprint density at radius 3 is 2.65 bits per heavy atom. The predicted molar refractivity (Wildman–Crippen MR) is 66.9 cm³/mol. The number of amides is 2. The van der Waals surface area contributed by atoms with E-state index in [9.17, 15) is 14.4 Å². The van der Waals surface area contributed by atoms with Gasteiger partial charge in [-0.05, 0) is 6.92 Å². The molecular weight excluding hydrogens is 268 g/mol. The van der Waals surface area contributed by atoms with Crippen LogP contribution in [0.3, 0.4) is 0 Å². The number of carboxylic acids is 1. The van der Waals surface area contributed by atoms with Crippen molar-refractivity contribution in [1.82, 2.24) is 20.6 Å². The second-order valence-electron chi connectivity index (χ2n) is 4.03. The number of H-pyrrole nitrogens is 1. The summed E-state index contributed by atoms with van der Waals surface area (Å²) < 4.78 is 4.44. The number of hydrogen-bond acceptors (Lipinski definition) is 5. The highest BCUT2D eigenvalue weighted by atomic mass is 16.5. The van der Waals surface area contributed by atoms with Crippen molar-refractivity contribution in [2.45, 2.75) is 25.4 Å². The molecule has 20 heavy (non-hydrogen) atoms. The SMILES string of the molecule is COC(=O)C(C)NC(=O)NC(Cc1cnc[nH]1)C(=O)O. The molecule has 1 rings (SSSR count). The first-order valence-electron chi connectivity index (χ1n) is 5.79. The first-order valence-corrected chi connectivity index (χ1v) is 5.79. The van der Waals surface area contributed by atoms with E-state index in [1.54, 1.807) is 0 Å². The Morgan fingerprint density at radius 2 is 2.15 bits per heavy atom. The fourth-order valence-corrected chi connectivity index (χ4v) is 1.45. The number of rotatable bonds is 6. The molecule has 0 saturated carbocycles. The van der Waals surface area contributed by atoms with Crippen LogP contribution in [0.5, 0.6) is 0 Å². The maximum absolute atomic E-state index is 11.6. The van der Waals surface area contributed by atoms with Crippen LogP contribution in [0.2, 0.25) is 0 Å². The first kappa shape index (κ1) is 15.5. The molecule has 0 spiro atoms. The highest BCUT2D eigenvalue weighted by Gasteiger charge is 2.23. The van der Waals surface area contributed by atoms with Gasteiger partial charge in [0.15, 0.2) is 0 Å². The van der Waals surface area contributed by atoms with Gasteiger partial charge in [-0.2, -0.15) is 0 Å². The van der Waals surface area contributed by atoms with Crippen molar-refractivity contribution in [3.63, 3.8) is 0 Å². The topological polar surface area (TPSA) is 133 Å². The number of nitrogens with zero attached hydrogens (tertiary/aromatic N) is 1.